The number of benzene rings is 2. The maximum Gasteiger partial charge on any atom is 0.257 e. The van der Waals surface area contributed by atoms with Gasteiger partial charge in [0.15, 0.2) is 5.16 Å². The molecule has 0 saturated carbocycles. The van der Waals surface area contributed by atoms with Crippen LogP contribution in [0.3, 0.4) is 0 Å². The van der Waals surface area contributed by atoms with Crippen LogP contribution in [0.5, 0.6) is 0 Å². The number of aromatic nitrogens is 2. The average Bonchev–Trinajstić information content (AvgIpc) is 2.70. The van der Waals surface area contributed by atoms with Crippen molar-refractivity contribution in [2.75, 3.05) is 10.6 Å². The van der Waals surface area contributed by atoms with Crippen molar-refractivity contribution in [3.63, 3.8) is 0 Å². The lowest BCUT2D eigenvalue weighted by Gasteiger charge is -2.23. The summed E-state index contributed by atoms with van der Waals surface area (Å²) in [5, 5.41) is 4.97. The van der Waals surface area contributed by atoms with Crippen molar-refractivity contribution in [3.8, 4) is 0 Å². The Morgan fingerprint density at radius 2 is 1.84 bits per heavy atom. The van der Waals surface area contributed by atoms with Gasteiger partial charge in [0, 0.05) is 23.9 Å². The van der Waals surface area contributed by atoms with E-state index in [4.69, 9.17) is 0 Å². The Labute approximate surface area is 183 Å². The summed E-state index contributed by atoms with van der Waals surface area (Å²) in [5.74, 6) is -4.46. The highest BCUT2D eigenvalue weighted by atomic mass is 32.2. The van der Waals surface area contributed by atoms with Crippen LogP contribution in [-0.4, -0.2) is 21.8 Å². The Kier molecular flexibility index (Phi) is 5.99. The van der Waals surface area contributed by atoms with Gasteiger partial charge in [-0.05, 0) is 29.8 Å². The molecule has 2 heterocycles. The molecule has 32 heavy (non-hydrogen) atoms. The van der Waals surface area contributed by atoms with E-state index in [0.29, 0.717) is 17.4 Å². The molecule has 7 nitrogen and oxygen atoms in total. The van der Waals surface area contributed by atoms with E-state index in [2.05, 4.69) is 20.6 Å². The van der Waals surface area contributed by atoms with Crippen LogP contribution in [0.25, 0.3) is 0 Å². The third-order valence-electron chi connectivity index (χ3n) is 4.64. The maximum absolute atomic E-state index is 13.4. The van der Waals surface area contributed by atoms with Gasteiger partial charge in [-0.15, -0.1) is 0 Å². The fraction of sp³-hybridized carbons (Fsp3) is 0.143. The summed E-state index contributed by atoms with van der Waals surface area (Å²) in [6.45, 7) is 0. The van der Waals surface area contributed by atoms with Crippen LogP contribution in [-0.2, 0) is 15.3 Å². The molecule has 1 atom stereocenters. The first-order valence-electron chi connectivity index (χ1n) is 9.37. The second-order valence-electron chi connectivity index (χ2n) is 7.00. The first kappa shape index (κ1) is 21.6. The first-order chi connectivity index (χ1) is 15.3. The van der Waals surface area contributed by atoms with Gasteiger partial charge < -0.3 is 15.6 Å². The molecule has 1 aliphatic rings. The molecule has 1 aliphatic heterocycles. The van der Waals surface area contributed by atoms with Crippen molar-refractivity contribution in [3.05, 3.63) is 81.4 Å². The lowest BCUT2D eigenvalue weighted by atomic mass is 9.92. The maximum atomic E-state index is 13.4. The summed E-state index contributed by atoms with van der Waals surface area (Å²) in [7, 11) is 0. The summed E-state index contributed by atoms with van der Waals surface area (Å²) >= 11 is 1.12. The number of aromatic amines is 1. The monoisotopic (exact) mass is 460 g/mol. The number of fused-ring (bicyclic) bond motifs is 1. The number of H-pyrrole nitrogens is 1. The normalized spacial score (nSPS) is 15.1. The van der Waals surface area contributed by atoms with Gasteiger partial charge in [0.1, 0.15) is 23.3 Å². The van der Waals surface area contributed by atoms with E-state index in [1.54, 1.807) is 12.1 Å². The molecule has 164 valence electrons. The Morgan fingerprint density at radius 1 is 1.09 bits per heavy atom. The Balaban J connectivity index is 1.58. The first-order valence-corrected chi connectivity index (χ1v) is 10.4. The average molecular weight is 460 g/mol. The van der Waals surface area contributed by atoms with Crippen LogP contribution in [0.1, 0.15) is 23.5 Å². The number of anilines is 2. The topological polar surface area (TPSA) is 104 Å². The van der Waals surface area contributed by atoms with E-state index >= 15 is 0 Å². The molecule has 0 bridgehead atoms. The van der Waals surface area contributed by atoms with Gasteiger partial charge in [-0.3, -0.25) is 14.4 Å². The van der Waals surface area contributed by atoms with Gasteiger partial charge in [-0.2, -0.15) is 0 Å². The van der Waals surface area contributed by atoms with Crippen molar-refractivity contribution < 1.29 is 22.8 Å². The molecule has 4 rings (SSSR count). The van der Waals surface area contributed by atoms with Crippen LogP contribution in [0.2, 0.25) is 0 Å². The van der Waals surface area contributed by atoms with Crippen LogP contribution >= 0.6 is 11.8 Å². The van der Waals surface area contributed by atoms with Gasteiger partial charge in [-0.1, -0.05) is 23.9 Å². The van der Waals surface area contributed by atoms with Crippen LogP contribution in [0, 0.1) is 17.5 Å². The van der Waals surface area contributed by atoms with Gasteiger partial charge >= 0.3 is 0 Å². The second kappa shape index (κ2) is 8.87. The number of hydrogen-bond acceptors (Lipinski definition) is 5. The molecule has 1 aromatic heterocycles. The highest BCUT2D eigenvalue weighted by Gasteiger charge is 2.34. The molecule has 3 N–H and O–H groups in total. The lowest BCUT2D eigenvalue weighted by molar-refractivity contribution is -0.123. The summed E-state index contributed by atoms with van der Waals surface area (Å²) < 4.78 is 40.1. The van der Waals surface area contributed by atoms with E-state index in [1.807, 2.05) is 0 Å². The summed E-state index contributed by atoms with van der Waals surface area (Å²) in [4.78, 5) is 44.3. The van der Waals surface area contributed by atoms with Gasteiger partial charge in [-0.25, -0.2) is 18.2 Å². The number of carbonyl (C=O) groups is 2. The molecule has 3 aromatic rings. The quantitative estimate of drug-likeness (QED) is 0.399. The van der Waals surface area contributed by atoms with Gasteiger partial charge in [0.2, 0.25) is 11.8 Å². The fourth-order valence-electron chi connectivity index (χ4n) is 3.28. The molecule has 0 radical (unpaired) electrons. The summed E-state index contributed by atoms with van der Waals surface area (Å²) in [6, 6.07) is 8.41. The van der Waals surface area contributed by atoms with Crippen molar-refractivity contribution in [1.29, 1.82) is 0 Å². The number of nitrogens with one attached hydrogen (secondary N) is 3. The zero-order valence-electron chi connectivity index (χ0n) is 16.2. The Morgan fingerprint density at radius 3 is 2.56 bits per heavy atom. The zero-order valence-corrected chi connectivity index (χ0v) is 17.1. The van der Waals surface area contributed by atoms with E-state index in [1.165, 1.54) is 12.1 Å². The zero-order chi connectivity index (χ0) is 22.8. The number of rotatable bonds is 5. The molecule has 0 fully saturated rings. The SMILES string of the molecule is O=C1C[C@@H](C(=O)Nc2cc(F)cc(F)c2)c2c(nc(SCc3cccc(F)c3)[nH]c2=O)N1. The molecule has 0 saturated heterocycles. The van der Waals surface area contributed by atoms with E-state index in [0.717, 1.165) is 23.9 Å². The fourth-order valence-corrected chi connectivity index (χ4v) is 4.08. The molecule has 0 unspecified atom stereocenters. The number of amides is 2. The van der Waals surface area contributed by atoms with Crippen LogP contribution in [0.15, 0.2) is 52.4 Å². The molecule has 0 aliphatic carbocycles. The molecular weight excluding hydrogens is 445 g/mol. The molecular formula is C21H15F3N4O3S. The van der Waals surface area contributed by atoms with Crippen LogP contribution in [0.4, 0.5) is 24.7 Å². The predicted molar refractivity (Wildman–Crippen MR) is 112 cm³/mol. The smallest absolute Gasteiger partial charge is 0.257 e. The number of carbonyl (C=O) groups excluding carboxylic acids is 2. The predicted octanol–water partition coefficient (Wildman–Crippen LogP) is 3.54. The van der Waals surface area contributed by atoms with E-state index in [-0.39, 0.29) is 28.6 Å². The third-order valence-corrected chi connectivity index (χ3v) is 5.58. The summed E-state index contributed by atoms with van der Waals surface area (Å²) in [5.41, 5.74) is -0.179. The Hall–Kier alpha value is -3.60. The standard InChI is InChI=1S/C21H15F3N4O3S/c22-11-3-1-2-10(4-11)9-32-21-27-18-17(20(31)28-21)15(8-16(29)26-18)19(30)25-14-6-12(23)5-13(24)7-14/h1-7,15H,8-9H2,(H,25,30)(H2,26,27,28,29,31)/t15-/m1/s1. The minimum atomic E-state index is -1.21. The number of thioether (sulfide) groups is 1. The van der Waals surface area contributed by atoms with Gasteiger partial charge in [0.25, 0.3) is 5.56 Å². The third kappa shape index (κ3) is 4.83. The Bertz CT molecular complexity index is 1260. The van der Waals surface area contributed by atoms with Crippen molar-refractivity contribution in [1.82, 2.24) is 9.97 Å². The van der Waals surface area contributed by atoms with Crippen molar-refractivity contribution in [2.45, 2.75) is 23.2 Å². The van der Waals surface area contributed by atoms with Crippen molar-refractivity contribution in [2.24, 2.45) is 0 Å². The summed E-state index contributed by atoms with van der Waals surface area (Å²) in [6.07, 6.45) is -0.336. The van der Waals surface area contributed by atoms with Crippen molar-refractivity contribution >= 4 is 35.1 Å². The number of hydrogen-bond donors (Lipinski definition) is 3. The lowest BCUT2D eigenvalue weighted by Crippen LogP contribution is -2.36. The molecule has 11 heteroatoms. The molecule has 2 aromatic carbocycles. The highest BCUT2D eigenvalue weighted by molar-refractivity contribution is 7.98. The largest absolute Gasteiger partial charge is 0.325 e. The molecule has 0 spiro atoms. The highest BCUT2D eigenvalue weighted by Crippen LogP contribution is 2.31. The van der Waals surface area contributed by atoms with E-state index < -0.39 is 40.7 Å². The van der Waals surface area contributed by atoms with Gasteiger partial charge in [0.05, 0.1) is 11.5 Å². The second-order valence-corrected chi connectivity index (χ2v) is 7.97. The molecule has 2 amide bonds. The minimum absolute atomic E-state index is 0.0610. The number of nitrogens with zero attached hydrogens (tertiary/aromatic N) is 1. The number of halogens is 3. The van der Waals surface area contributed by atoms with E-state index in [9.17, 15) is 27.6 Å². The van der Waals surface area contributed by atoms with Crippen LogP contribution < -0.4 is 16.2 Å². The minimum Gasteiger partial charge on any atom is -0.325 e.